The van der Waals surface area contributed by atoms with Crippen LogP contribution in [-0.4, -0.2) is 26.7 Å². The summed E-state index contributed by atoms with van der Waals surface area (Å²) in [7, 11) is -3.28. The third kappa shape index (κ3) is 4.16. The molecule has 2 aromatic carbocycles. The predicted molar refractivity (Wildman–Crippen MR) is 102 cm³/mol. The number of hydrogen-bond donors (Lipinski definition) is 0. The molecule has 0 N–H and O–H groups in total. The van der Waals surface area contributed by atoms with Gasteiger partial charge in [-0.3, -0.25) is 0 Å². The number of ether oxygens (including phenoxy) is 1. The molecular formula is C19H17BrO5S. The van der Waals surface area contributed by atoms with Gasteiger partial charge in [0, 0.05) is 16.3 Å². The van der Waals surface area contributed by atoms with Crippen molar-refractivity contribution in [3.63, 3.8) is 0 Å². The lowest BCUT2D eigenvalue weighted by Gasteiger charge is -2.05. The van der Waals surface area contributed by atoms with Gasteiger partial charge in [0.25, 0.3) is 0 Å². The Morgan fingerprint density at radius 1 is 1.12 bits per heavy atom. The van der Waals surface area contributed by atoms with Gasteiger partial charge in [-0.05, 0) is 48.5 Å². The van der Waals surface area contributed by atoms with Crippen molar-refractivity contribution in [2.45, 2.75) is 18.2 Å². The zero-order valence-electron chi connectivity index (χ0n) is 14.1. The Morgan fingerprint density at radius 2 is 1.85 bits per heavy atom. The molecule has 5 nitrogen and oxygen atoms in total. The first-order valence-corrected chi connectivity index (χ1v) is 10.5. The third-order valence-electron chi connectivity index (χ3n) is 3.94. The van der Waals surface area contributed by atoms with E-state index in [4.69, 9.17) is 9.15 Å². The van der Waals surface area contributed by atoms with Crippen LogP contribution in [0.1, 0.15) is 23.0 Å². The first-order valence-electron chi connectivity index (χ1n) is 8.07. The van der Waals surface area contributed by atoms with Crippen LogP contribution in [0, 0.1) is 0 Å². The maximum Gasteiger partial charge on any atom is 0.338 e. The standard InChI is InChI=1S/C19H17BrO5S/c1-2-26(22,23)17-6-3-13(4-7-17)19(21)24-10-9-16-12-14-11-15(20)5-8-18(14)25-16/h3-8,11-12H,2,9-10H2,1H3. The van der Waals surface area contributed by atoms with Crippen molar-refractivity contribution in [2.24, 2.45) is 0 Å². The Bertz CT molecular complexity index is 1040. The SMILES string of the molecule is CCS(=O)(=O)c1ccc(C(=O)OCCc2cc3cc(Br)ccc3o2)cc1. The molecular weight excluding hydrogens is 420 g/mol. The summed E-state index contributed by atoms with van der Waals surface area (Å²) in [5, 5.41) is 0.980. The molecule has 136 valence electrons. The van der Waals surface area contributed by atoms with E-state index in [1.807, 2.05) is 24.3 Å². The average Bonchev–Trinajstić information content (AvgIpc) is 3.03. The monoisotopic (exact) mass is 436 g/mol. The molecule has 0 amide bonds. The maximum absolute atomic E-state index is 12.1. The average molecular weight is 437 g/mol. The number of benzene rings is 2. The van der Waals surface area contributed by atoms with Gasteiger partial charge < -0.3 is 9.15 Å². The number of halogens is 1. The summed E-state index contributed by atoms with van der Waals surface area (Å²) in [6, 6.07) is 13.4. The van der Waals surface area contributed by atoms with E-state index >= 15 is 0 Å². The summed E-state index contributed by atoms with van der Waals surface area (Å²) in [6.45, 7) is 1.75. The fraction of sp³-hybridized carbons (Fsp3) is 0.211. The van der Waals surface area contributed by atoms with E-state index in [-0.39, 0.29) is 17.3 Å². The minimum absolute atomic E-state index is 0.0187. The van der Waals surface area contributed by atoms with E-state index in [0.29, 0.717) is 12.0 Å². The van der Waals surface area contributed by atoms with Crippen molar-refractivity contribution in [2.75, 3.05) is 12.4 Å². The van der Waals surface area contributed by atoms with Crippen molar-refractivity contribution in [3.8, 4) is 0 Å². The zero-order chi connectivity index (χ0) is 18.7. The molecule has 0 radical (unpaired) electrons. The van der Waals surface area contributed by atoms with E-state index in [1.54, 1.807) is 6.92 Å². The van der Waals surface area contributed by atoms with Crippen molar-refractivity contribution in [1.29, 1.82) is 0 Å². The molecule has 26 heavy (non-hydrogen) atoms. The van der Waals surface area contributed by atoms with Crippen LogP contribution in [0.15, 0.2) is 62.3 Å². The fourth-order valence-corrected chi connectivity index (χ4v) is 3.75. The fourth-order valence-electron chi connectivity index (χ4n) is 2.49. The molecule has 0 spiro atoms. The summed E-state index contributed by atoms with van der Waals surface area (Å²) in [5.41, 5.74) is 1.09. The number of furan rings is 1. The Kier molecular flexibility index (Phi) is 5.48. The van der Waals surface area contributed by atoms with Gasteiger partial charge in [0.15, 0.2) is 9.84 Å². The summed E-state index contributed by atoms with van der Waals surface area (Å²) in [5.74, 6) is 0.254. The molecule has 0 fully saturated rings. The van der Waals surface area contributed by atoms with Crippen LogP contribution in [0.25, 0.3) is 11.0 Å². The first-order chi connectivity index (χ1) is 12.4. The van der Waals surface area contributed by atoms with Crippen molar-refractivity contribution in [3.05, 3.63) is 64.3 Å². The number of rotatable bonds is 6. The molecule has 1 aromatic heterocycles. The van der Waals surface area contributed by atoms with Crippen LogP contribution in [0.2, 0.25) is 0 Å². The second-order valence-corrected chi connectivity index (χ2v) is 8.90. The second-order valence-electron chi connectivity index (χ2n) is 5.71. The minimum atomic E-state index is -3.28. The Morgan fingerprint density at radius 3 is 2.54 bits per heavy atom. The molecule has 1 heterocycles. The molecule has 3 rings (SSSR count). The molecule has 0 aliphatic carbocycles. The molecule has 0 unspecified atom stereocenters. The van der Waals surface area contributed by atoms with Crippen LogP contribution < -0.4 is 0 Å². The predicted octanol–water partition coefficient (Wildman–Crippen LogP) is 4.39. The maximum atomic E-state index is 12.1. The van der Waals surface area contributed by atoms with Gasteiger partial charge >= 0.3 is 5.97 Å². The molecule has 0 bridgehead atoms. The Hall–Kier alpha value is -2.12. The Labute approximate surface area is 160 Å². The first kappa shape index (κ1) is 18.7. The van der Waals surface area contributed by atoms with Crippen molar-refractivity contribution in [1.82, 2.24) is 0 Å². The normalized spacial score (nSPS) is 11.6. The highest BCUT2D eigenvalue weighted by atomic mass is 79.9. The van der Waals surface area contributed by atoms with Gasteiger partial charge in [-0.15, -0.1) is 0 Å². The van der Waals surface area contributed by atoms with Gasteiger partial charge in [0.2, 0.25) is 0 Å². The van der Waals surface area contributed by atoms with Crippen LogP contribution in [0.4, 0.5) is 0 Å². The van der Waals surface area contributed by atoms with Gasteiger partial charge in [0.05, 0.1) is 22.8 Å². The van der Waals surface area contributed by atoms with E-state index in [9.17, 15) is 13.2 Å². The highest BCUT2D eigenvalue weighted by molar-refractivity contribution is 9.10. The molecule has 0 saturated carbocycles. The lowest BCUT2D eigenvalue weighted by Crippen LogP contribution is -2.09. The van der Waals surface area contributed by atoms with Gasteiger partial charge in [0.1, 0.15) is 11.3 Å². The molecule has 0 saturated heterocycles. The summed E-state index contributed by atoms with van der Waals surface area (Å²) >= 11 is 3.41. The highest BCUT2D eigenvalue weighted by Crippen LogP contribution is 2.23. The van der Waals surface area contributed by atoms with Gasteiger partial charge in [-0.1, -0.05) is 22.9 Å². The lowest BCUT2D eigenvalue weighted by atomic mass is 10.2. The summed E-state index contributed by atoms with van der Waals surface area (Å²) < 4.78 is 35.5. The largest absolute Gasteiger partial charge is 0.462 e. The molecule has 3 aromatic rings. The summed E-state index contributed by atoms with van der Waals surface area (Å²) in [6.07, 6.45) is 0.459. The number of fused-ring (bicyclic) bond motifs is 1. The number of esters is 1. The van der Waals surface area contributed by atoms with E-state index in [0.717, 1.165) is 21.2 Å². The molecule has 0 aliphatic heterocycles. The zero-order valence-corrected chi connectivity index (χ0v) is 16.5. The number of hydrogen-bond acceptors (Lipinski definition) is 5. The van der Waals surface area contributed by atoms with Crippen molar-refractivity contribution < 1.29 is 22.4 Å². The molecule has 0 aliphatic rings. The van der Waals surface area contributed by atoms with Crippen LogP contribution in [-0.2, 0) is 21.0 Å². The summed E-state index contributed by atoms with van der Waals surface area (Å²) in [4.78, 5) is 12.3. The van der Waals surface area contributed by atoms with E-state index in [2.05, 4.69) is 15.9 Å². The lowest BCUT2D eigenvalue weighted by molar-refractivity contribution is 0.0505. The number of sulfone groups is 1. The molecule has 0 atom stereocenters. The van der Waals surface area contributed by atoms with Crippen LogP contribution in [0.5, 0.6) is 0 Å². The highest BCUT2D eigenvalue weighted by Gasteiger charge is 2.14. The Balaban J connectivity index is 1.59. The second kappa shape index (κ2) is 7.63. The van der Waals surface area contributed by atoms with Crippen LogP contribution in [0.3, 0.4) is 0 Å². The van der Waals surface area contributed by atoms with Gasteiger partial charge in [-0.25, -0.2) is 13.2 Å². The smallest absolute Gasteiger partial charge is 0.338 e. The minimum Gasteiger partial charge on any atom is -0.462 e. The quantitative estimate of drug-likeness (QED) is 0.535. The third-order valence-corrected chi connectivity index (χ3v) is 6.18. The topological polar surface area (TPSA) is 73.6 Å². The van der Waals surface area contributed by atoms with Crippen molar-refractivity contribution >= 4 is 42.7 Å². The number of carbonyl (C=O) groups excluding carboxylic acids is 1. The number of carbonyl (C=O) groups is 1. The molecule has 7 heteroatoms. The van der Waals surface area contributed by atoms with E-state index < -0.39 is 15.8 Å². The van der Waals surface area contributed by atoms with Crippen LogP contribution >= 0.6 is 15.9 Å². The van der Waals surface area contributed by atoms with Gasteiger partial charge in [-0.2, -0.15) is 0 Å². The van der Waals surface area contributed by atoms with E-state index in [1.165, 1.54) is 24.3 Å².